The maximum atomic E-state index is 12.5. The summed E-state index contributed by atoms with van der Waals surface area (Å²) in [4.78, 5) is 25.5. The fourth-order valence-corrected chi connectivity index (χ4v) is 2.77. The number of carbonyl (C=O) groups excluding carboxylic acids is 1. The van der Waals surface area contributed by atoms with Gasteiger partial charge in [-0.15, -0.1) is 0 Å². The molecule has 0 aromatic heterocycles. The number of amides is 1. The predicted molar refractivity (Wildman–Crippen MR) is 87.4 cm³/mol. The standard InChI is InChI=1S/C16H23N3O4/c1-10(19-7-3-4-11(9-19)16(21)22)15(20)18-13-6-5-12(17)8-14(13)23-2/h5-6,8,10-11H,3-4,7,9,17H2,1-2H3,(H,18,20)(H,21,22). The molecule has 0 saturated carbocycles. The summed E-state index contributed by atoms with van der Waals surface area (Å²) in [6.45, 7) is 2.89. The van der Waals surface area contributed by atoms with E-state index in [9.17, 15) is 9.59 Å². The van der Waals surface area contributed by atoms with Crippen LogP contribution >= 0.6 is 0 Å². The number of ether oxygens (including phenoxy) is 1. The lowest BCUT2D eigenvalue weighted by Crippen LogP contribution is -2.48. The number of nitrogens with zero attached hydrogens (tertiary/aromatic N) is 1. The van der Waals surface area contributed by atoms with Gasteiger partial charge in [-0.1, -0.05) is 0 Å². The fourth-order valence-electron chi connectivity index (χ4n) is 2.77. The van der Waals surface area contributed by atoms with Crippen LogP contribution in [-0.2, 0) is 9.59 Å². The third kappa shape index (κ3) is 4.13. The van der Waals surface area contributed by atoms with Crippen molar-refractivity contribution in [3.63, 3.8) is 0 Å². The molecule has 1 aliphatic heterocycles. The number of piperidine rings is 1. The number of carbonyl (C=O) groups is 2. The molecule has 4 N–H and O–H groups in total. The summed E-state index contributed by atoms with van der Waals surface area (Å²) in [6.07, 6.45) is 1.44. The molecule has 0 aliphatic carbocycles. The normalized spacial score (nSPS) is 19.8. The first-order chi connectivity index (χ1) is 10.9. The van der Waals surface area contributed by atoms with Crippen LogP contribution in [-0.4, -0.2) is 48.1 Å². The number of carboxylic acid groups (broad SMARTS) is 1. The highest BCUT2D eigenvalue weighted by Crippen LogP contribution is 2.27. The lowest BCUT2D eigenvalue weighted by molar-refractivity contribution is -0.144. The highest BCUT2D eigenvalue weighted by atomic mass is 16.5. The van der Waals surface area contributed by atoms with E-state index in [1.807, 2.05) is 4.90 Å². The molecule has 1 aromatic carbocycles. The Morgan fingerprint density at radius 3 is 2.87 bits per heavy atom. The number of rotatable bonds is 5. The van der Waals surface area contributed by atoms with Crippen molar-refractivity contribution < 1.29 is 19.4 Å². The zero-order valence-corrected chi connectivity index (χ0v) is 13.4. The van der Waals surface area contributed by atoms with Gasteiger partial charge in [0.25, 0.3) is 0 Å². The van der Waals surface area contributed by atoms with Crippen LogP contribution < -0.4 is 15.8 Å². The highest BCUT2D eigenvalue weighted by Gasteiger charge is 2.30. The Balaban J connectivity index is 2.04. The van der Waals surface area contributed by atoms with Gasteiger partial charge in [-0.05, 0) is 38.4 Å². The van der Waals surface area contributed by atoms with Crippen LogP contribution in [0.15, 0.2) is 18.2 Å². The van der Waals surface area contributed by atoms with Gasteiger partial charge in [-0.2, -0.15) is 0 Å². The molecule has 2 atom stereocenters. The molecule has 1 heterocycles. The van der Waals surface area contributed by atoms with Crippen molar-refractivity contribution in [2.45, 2.75) is 25.8 Å². The quantitative estimate of drug-likeness (QED) is 0.708. The molecule has 126 valence electrons. The number of nitrogen functional groups attached to an aromatic ring is 1. The van der Waals surface area contributed by atoms with Crippen molar-refractivity contribution in [2.75, 3.05) is 31.2 Å². The van der Waals surface area contributed by atoms with Gasteiger partial charge in [0.2, 0.25) is 5.91 Å². The summed E-state index contributed by atoms with van der Waals surface area (Å²) in [7, 11) is 1.51. The van der Waals surface area contributed by atoms with Gasteiger partial charge in [-0.25, -0.2) is 0 Å². The number of methoxy groups -OCH3 is 1. The topological polar surface area (TPSA) is 105 Å². The van der Waals surface area contributed by atoms with E-state index in [0.29, 0.717) is 30.1 Å². The van der Waals surface area contributed by atoms with Crippen molar-refractivity contribution in [1.29, 1.82) is 0 Å². The van der Waals surface area contributed by atoms with E-state index in [0.717, 1.165) is 13.0 Å². The Labute approximate surface area is 135 Å². The molecule has 2 rings (SSSR count). The molecule has 1 aliphatic rings. The van der Waals surface area contributed by atoms with E-state index in [4.69, 9.17) is 15.6 Å². The zero-order valence-electron chi connectivity index (χ0n) is 13.4. The number of nitrogens with two attached hydrogens (primary N) is 1. The summed E-state index contributed by atoms with van der Waals surface area (Å²) in [5.41, 5.74) is 6.79. The minimum Gasteiger partial charge on any atom is -0.494 e. The molecule has 1 aromatic rings. The molecular formula is C16H23N3O4. The highest BCUT2D eigenvalue weighted by molar-refractivity contribution is 5.96. The van der Waals surface area contributed by atoms with Gasteiger partial charge in [0.05, 0.1) is 24.8 Å². The number of hydrogen-bond donors (Lipinski definition) is 3. The number of aliphatic carboxylic acids is 1. The Hall–Kier alpha value is -2.28. The summed E-state index contributed by atoms with van der Waals surface area (Å²) in [6, 6.07) is 4.60. The lowest BCUT2D eigenvalue weighted by Gasteiger charge is -2.34. The van der Waals surface area contributed by atoms with Crippen molar-refractivity contribution in [3.8, 4) is 5.75 Å². The fraction of sp³-hybridized carbons (Fsp3) is 0.500. The lowest BCUT2D eigenvalue weighted by atomic mass is 9.97. The van der Waals surface area contributed by atoms with Gasteiger partial charge in [0, 0.05) is 18.3 Å². The number of benzene rings is 1. The molecule has 7 nitrogen and oxygen atoms in total. The van der Waals surface area contributed by atoms with Crippen LogP contribution in [0.25, 0.3) is 0 Å². The first-order valence-electron chi connectivity index (χ1n) is 7.63. The summed E-state index contributed by atoms with van der Waals surface area (Å²) < 4.78 is 5.21. The Morgan fingerprint density at radius 2 is 2.22 bits per heavy atom. The van der Waals surface area contributed by atoms with E-state index in [1.54, 1.807) is 25.1 Å². The minimum atomic E-state index is -0.803. The third-order valence-electron chi connectivity index (χ3n) is 4.21. The van der Waals surface area contributed by atoms with Gasteiger partial charge >= 0.3 is 5.97 Å². The maximum absolute atomic E-state index is 12.5. The molecule has 0 bridgehead atoms. The molecule has 7 heteroatoms. The number of nitrogens with one attached hydrogen (secondary N) is 1. The van der Waals surface area contributed by atoms with E-state index in [1.165, 1.54) is 7.11 Å². The third-order valence-corrected chi connectivity index (χ3v) is 4.21. The van der Waals surface area contributed by atoms with Crippen molar-refractivity contribution in [2.24, 2.45) is 5.92 Å². The van der Waals surface area contributed by atoms with Crippen LogP contribution in [0.3, 0.4) is 0 Å². The monoisotopic (exact) mass is 321 g/mol. The Kier molecular flexibility index (Phi) is 5.44. The molecule has 1 fully saturated rings. The van der Waals surface area contributed by atoms with Crippen LogP contribution in [0, 0.1) is 5.92 Å². The summed E-state index contributed by atoms with van der Waals surface area (Å²) in [5, 5.41) is 12.0. The van der Waals surface area contributed by atoms with Gasteiger partial charge in [0.15, 0.2) is 0 Å². The van der Waals surface area contributed by atoms with Crippen molar-refractivity contribution in [3.05, 3.63) is 18.2 Å². The molecular weight excluding hydrogens is 298 g/mol. The largest absolute Gasteiger partial charge is 0.494 e. The molecule has 23 heavy (non-hydrogen) atoms. The SMILES string of the molecule is COc1cc(N)ccc1NC(=O)C(C)N1CCCC(C(=O)O)C1. The van der Waals surface area contributed by atoms with E-state index in [-0.39, 0.29) is 5.91 Å². The Bertz CT molecular complexity index is 591. The van der Waals surface area contributed by atoms with E-state index >= 15 is 0 Å². The van der Waals surface area contributed by atoms with Crippen LogP contribution in [0.5, 0.6) is 5.75 Å². The number of carboxylic acids is 1. The van der Waals surface area contributed by atoms with Crippen LogP contribution in [0.4, 0.5) is 11.4 Å². The predicted octanol–water partition coefficient (Wildman–Crippen LogP) is 1.40. The van der Waals surface area contributed by atoms with Crippen LogP contribution in [0.2, 0.25) is 0 Å². The van der Waals surface area contributed by atoms with Gasteiger partial charge in [-0.3, -0.25) is 14.5 Å². The van der Waals surface area contributed by atoms with Crippen LogP contribution in [0.1, 0.15) is 19.8 Å². The average molecular weight is 321 g/mol. The first kappa shape index (κ1) is 17.1. The van der Waals surface area contributed by atoms with E-state index in [2.05, 4.69) is 5.32 Å². The summed E-state index contributed by atoms with van der Waals surface area (Å²) >= 11 is 0. The van der Waals surface area contributed by atoms with Crippen molar-refractivity contribution >= 4 is 23.3 Å². The molecule has 0 radical (unpaired) electrons. The second-order valence-electron chi connectivity index (χ2n) is 5.80. The number of likely N-dealkylation sites (tertiary alicyclic amines) is 1. The Morgan fingerprint density at radius 1 is 1.48 bits per heavy atom. The molecule has 1 saturated heterocycles. The second-order valence-corrected chi connectivity index (χ2v) is 5.80. The maximum Gasteiger partial charge on any atom is 0.307 e. The first-order valence-corrected chi connectivity index (χ1v) is 7.63. The summed E-state index contributed by atoms with van der Waals surface area (Å²) in [5.74, 6) is -0.917. The molecule has 0 spiro atoms. The van der Waals surface area contributed by atoms with Gasteiger partial charge in [0.1, 0.15) is 5.75 Å². The minimum absolute atomic E-state index is 0.195. The smallest absolute Gasteiger partial charge is 0.307 e. The number of anilines is 2. The second kappa shape index (κ2) is 7.32. The average Bonchev–Trinajstić information content (AvgIpc) is 2.55. The van der Waals surface area contributed by atoms with Gasteiger partial charge < -0.3 is 20.9 Å². The van der Waals surface area contributed by atoms with E-state index < -0.39 is 17.9 Å². The van der Waals surface area contributed by atoms with Crippen molar-refractivity contribution in [1.82, 2.24) is 4.90 Å². The number of hydrogen-bond acceptors (Lipinski definition) is 5. The zero-order chi connectivity index (χ0) is 17.0. The molecule has 2 unspecified atom stereocenters. The molecule has 1 amide bonds.